The minimum atomic E-state index is -0.238. The lowest BCUT2D eigenvalue weighted by atomic mass is 10.1. The Hall–Kier alpha value is -1.37. The van der Waals surface area contributed by atoms with Crippen LogP contribution < -0.4 is 5.73 Å². The second kappa shape index (κ2) is 6.70. The molecule has 102 valence electrons. The Morgan fingerprint density at radius 1 is 1.47 bits per heavy atom. The van der Waals surface area contributed by atoms with Crippen LogP contribution in [0, 0.1) is 23.6 Å². The molecule has 0 aliphatic carbocycles. The highest BCUT2D eigenvalue weighted by molar-refractivity contribution is 5.42. The Bertz CT molecular complexity index is 487. The van der Waals surface area contributed by atoms with Gasteiger partial charge < -0.3 is 5.73 Å². The van der Waals surface area contributed by atoms with Crippen LogP contribution in [0.4, 0.5) is 4.39 Å². The molecule has 0 amide bonds. The summed E-state index contributed by atoms with van der Waals surface area (Å²) >= 11 is 0. The number of hydrogen-bond acceptors (Lipinski definition) is 2. The van der Waals surface area contributed by atoms with Crippen molar-refractivity contribution in [2.75, 3.05) is 19.6 Å². The normalized spacial score (nSPS) is 19.2. The van der Waals surface area contributed by atoms with Gasteiger partial charge in [-0.05, 0) is 36.6 Å². The van der Waals surface area contributed by atoms with E-state index in [2.05, 4.69) is 23.7 Å². The van der Waals surface area contributed by atoms with E-state index in [4.69, 9.17) is 5.73 Å². The fourth-order valence-electron chi connectivity index (χ4n) is 2.58. The number of nitrogens with two attached hydrogens (primary N) is 1. The summed E-state index contributed by atoms with van der Waals surface area (Å²) in [5, 5.41) is 0. The Morgan fingerprint density at radius 3 is 3.00 bits per heavy atom. The van der Waals surface area contributed by atoms with Gasteiger partial charge in [0.25, 0.3) is 0 Å². The van der Waals surface area contributed by atoms with Crippen LogP contribution in [0.5, 0.6) is 0 Å². The Kier molecular flexibility index (Phi) is 4.95. The Morgan fingerprint density at radius 2 is 2.32 bits per heavy atom. The van der Waals surface area contributed by atoms with Gasteiger partial charge in [-0.3, -0.25) is 4.90 Å². The molecule has 1 aromatic rings. The van der Waals surface area contributed by atoms with Crippen LogP contribution in [0.25, 0.3) is 0 Å². The van der Waals surface area contributed by atoms with E-state index < -0.39 is 0 Å². The van der Waals surface area contributed by atoms with Crippen molar-refractivity contribution in [2.45, 2.75) is 26.3 Å². The third-order valence-electron chi connectivity index (χ3n) is 3.74. The van der Waals surface area contributed by atoms with E-state index in [0.29, 0.717) is 6.54 Å². The fourth-order valence-corrected chi connectivity index (χ4v) is 2.58. The van der Waals surface area contributed by atoms with Crippen LogP contribution in [0.15, 0.2) is 18.2 Å². The molecular formula is C16H21FN2. The zero-order chi connectivity index (χ0) is 13.7. The quantitative estimate of drug-likeness (QED) is 0.845. The lowest BCUT2D eigenvalue weighted by molar-refractivity contribution is 0.315. The predicted octanol–water partition coefficient (Wildman–Crippen LogP) is 2.37. The lowest BCUT2D eigenvalue weighted by Crippen LogP contribution is -2.20. The summed E-state index contributed by atoms with van der Waals surface area (Å²) in [6.45, 7) is 5.66. The molecule has 2 nitrogen and oxygen atoms in total. The molecule has 2 rings (SSSR count). The molecule has 0 saturated carbocycles. The molecule has 1 heterocycles. The number of halogens is 1. The largest absolute Gasteiger partial charge is 0.320 e. The van der Waals surface area contributed by atoms with Crippen molar-refractivity contribution in [2.24, 2.45) is 11.7 Å². The van der Waals surface area contributed by atoms with Gasteiger partial charge in [-0.25, -0.2) is 4.39 Å². The fraction of sp³-hybridized carbons (Fsp3) is 0.500. The van der Waals surface area contributed by atoms with Gasteiger partial charge in [-0.15, -0.1) is 0 Å². The van der Waals surface area contributed by atoms with Gasteiger partial charge in [0.15, 0.2) is 0 Å². The van der Waals surface area contributed by atoms with E-state index in [1.54, 1.807) is 0 Å². The van der Waals surface area contributed by atoms with Crippen LogP contribution >= 0.6 is 0 Å². The van der Waals surface area contributed by atoms with Crippen molar-refractivity contribution in [1.82, 2.24) is 4.90 Å². The van der Waals surface area contributed by atoms with E-state index in [0.717, 1.165) is 36.7 Å². The summed E-state index contributed by atoms with van der Waals surface area (Å²) in [5.41, 5.74) is 7.25. The third-order valence-corrected chi connectivity index (χ3v) is 3.74. The van der Waals surface area contributed by atoms with Crippen molar-refractivity contribution in [1.29, 1.82) is 0 Å². The van der Waals surface area contributed by atoms with Gasteiger partial charge in [0, 0.05) is 18.7 Å². The molecule has 1 aliphatic rings. The third kappa shape index (κ3) is 3.79. The Balaban J connectivity index is 2.11. The Labute approximate surface area is 114 Å². The maximum atomic E-state index is 13.3. The van der Waals surface area contributed by atoms with Crippen LogP contribution in [0.2, 0.25) is 0 Å². The number of hydrogen-bond donors (Lipinski definition) is 1. The molecule has 1 atom stereocenters. The zero-order valence-electron chi connectivity index (χ0n) is 11.5. The topological polar surface area (TPSA) is 29.3 Å². The molecule has 1 aromatic carbocycles. The van der Waals surface area contributed by atoms with E-state index >= 15 is 0 Å². The molecule has 0 aromatic heterocycles. The van der Waals surface area contributed by atoms with Gasteiger partial charge in [0.1, 0.15) is 5.82 Å². The predicted molar refractivity (Wildman–Crippen MR) is 76.0 cm³/mol. The van der Waals surface area contributed by atoms with Gasteiger partial charge in [0.05, 0.1) is 6.54 Å². The molecule has 1 fully saturated rings. The second-order valence-electron chi connectivity index (χ2n) is 5.11. The number of nitrogens with zero attached hydrogens (tertiary/aromatic N) is 1. The molecule has 3 heteroatoms. The molecule has 0 radical (unpaired) electrons. The highest BCUT2D eigenvalue weighted by Gasteiger charge is 2.21. The monoisotopic (exact) mass is 260 g/mol. The van der Waals surface area contributed by atoms with Crippen molar-refractivity contribution >= 4 is 0 Å². The molecule has 1 aliphatic heterocycles. The van der Waals surface area contributed by atoms with Gasteiger partial charge >= 0.3 is 0 Å². The first-order valence-electron chi connectivity index (χ1n) is 6.92. The van der Waals surface area contributed by atoms with Crippen LogP contribution in [-0.2, 0) is 6.54 Å². The van der Waals surface area contributed by atoms with Crippen molar-refractivity contribution in [3.05, 3.63) is 35.1 Å². The van der Waals surface area contributed by atoms with E-state index in [1.165, 1.54) is 25.0 Å². The van der Waals surface area contributed by atoms with Crippen molar-refractivity contribution in [3.63, 3.8) is 0 Å². The van der Waals surface area contributed by atoms with Crippen molar-refractivity contribution < 1.29 is 4.39 Å². The van der Waals surface area contributed by atoms with Crippen LogP contribution in [0.1, 0.15) is 30.9 Å². The second-order valence-corrected chi connectivity index (χ2v) is 5.11. The van der Waals surface area contributed by atoms with Gasteiger partial charge in [0.2, 0.25) is 0 Å². The summed E-state index contributed by atoms with van der Waals surface area (Å²) in [7, 11) is 0. The van der Waals surface area contributed by atoms with E-state index in [9.17, 15) is 4.39 Å². The molecular weight excluding hydrogens is 239 g/mol. The highest BCUT2D eigenvalue weighted by Crippen LogP contribution is 2.22. The maximum Gasteiger partial charge on any atom is 0.124 e. The summed E-state index contributed by atoms with van der Waals surface area (Å²) in [6, 6.07) is 4.86. The van der Waals surface area contributed by atoms with E-state index in [-0.39, 0.29) is 5.82 Å². The first-order chi connectivity index (χ1) is 9.22. The summed E-state index contributed by atoms with van der Waals surface area (Å²) < 4.78 is 13.3. The minimum absolute atomic E-state index is 0.238. The van der Waals surface area contributed by atoms with Crippen molar-refractivity contribution in [3.8, 4) is 11.8 Å². The molecule has 1 unspecified atom stereocenters. The standard InChI is InChI=1S/C16H21FN2/c1-2-13-7-9-19(11-13)12-15-5-6-16(17)10-14(15)4-3-8-18/h5-6,10,13H,2,7-9,11-12,18H2,1H3. The first kappa shape index (κ1) is 14.0. The first-order valence-corrected chi connectivity index (χ1v) is 6.92. The highest BCUT2D eigenvalue weighted by atomic mass is 19.1. The number of benzene rings is 1. The smallest absolute Gasteiger partial charge is 0.124 e. The lowest BCUT2D eigenvalue weighted by Gasteiger charge is -2.16. The molecule has 19 heavy (non-hydrogen) atoms. The summed E-state index contributed by atoms with van der Waals surface area (Å²) in [6.07, 6.45) is 2.50. The summed E-state index contributed by atoms with van der Waals surface area (Å²) in [5.74, 6) is 6.35. The number of likely N-dealkylation sites (tertiary alicyclic amines) is 1. The van der Waals surface area contributed by atoms with Gasteiger partial charge in [-0.1, -0.05) is 31.3 Å². The zero-order valence-corrected chi connectivity index (χ0v) is 11.5. The molecule has 0 spiro atoms. The minimum Gasteiger partial charge on any atom is -0.320 e. The van der Waals surface area contributed by atoms with Crippen LogP contribution in [0.3, 0.4) is 0 Å². The maximum absolute atomic E-state index is 13.3. The molecule has 0 bridgehead atoms. The SMILES string of the molecule is CCC1CCN(Cc2ccc(F)cc2C#CCN)C1. The van der Waals surface area contributed by atoms with E-state index in [1.807, 2.05) is 6.07 Å². The van der Waals surface area contributed by atoms with Crippen LogP contribution in [-0.4, -0.2) is 24.5 Å². The molecule has 2 N–H and O–H groups in total. The summed E-state index contributed by atoms with van der Waals surface area (Å²) in [4.78, 5) is 2.43. The average molecular weight is 260 g/mol. The number of rotatable bonds is 3. The van der Waals surface area contributed by atoms with Gasteiger partial charge in [-0.2, -0.15) is 0 Å². The molecule has 1 saturated heterocycles. The average Bonchev–Trinajstić information content (AvgIpc) is 2.86.